The van der Waals surface area contributed by atoms with Crippen molar-refractivity contribution in [2.45, 2.75) is 13.3 Å². The summed E-state index contributed by atoms with van der Waals surface area (Å²) < 4.78 is 0. The van der Waals surface area contributed by atoms with E-state index in [1.807, 2.05) is 0 Å². The number of carboxylic acids is 1. The second-order valence-electron chi connectivity index (χ2n) is 4.57. The van der Waals surface area contributed by atoms with Gasteiger partial charge in [0.2, 0.25) is 0 Å². The van der Waals surface area contributed by atoms with Crippen LogP contribution in [0.2, 0.25) is 0 Å². The van der Waals surface area contributed by atoms with Crippen molar-refractivity contribution in [2.75, 3.05) is 5.32 Å². The van der Waals surface area contributed by atoms with Gasteiger partial charge in [0.15, 0.2) is 0 Å². The monoisotopic (exact) mass is 286 g/mol. The van der Waals surface area contributed by atoms with Crippen molar-refractivity contribution >= 4 is 17.6 Å². The number of anilines is 1. The van der Waals surface area contributed by atoms with Crippen molar-refractivity contribution in [3.63, 3.8) is 0 Å². The van der Waals surface area contributed by atoms with Gasteiger partial charge < -0.3 is 15.4 Å². The van der Waals surface area contributed by atoms with E-state index in [2.05, 4.69) is 10.3 Å². The van der Waals surface area contributed by atoms with Gasteiger partial charge in [-0.05, 0) is 30.7 Å². The third kappa shape index (κ3) is 3.56. The number of hydrogen-bond acceptors (Lipinski definition) is 3. The van der Waals surface area contributed by atoms with Crippen molar-refractivity contribution < 1.29 is 14.7 Å². The molecule has 0 fully saturated rings. The lowest BCUT2D eigenvalue weighted by molar-refractivity contribution is -0.136. The van der Waals surface area contributed by atoms with Crippen LogP contribution in [0.5, 0.6) is 0 Å². The van der Waals surface area contributed by atoms with E-state index < -0.39 is 17.4 Å². The van der Waals surface area contributed by atoms with Gasteiger partial charge in [-0.15, -0.1) is 0 Å². The van der Waals surface area contributed by atoms with Crippen molar-refractivity contribution in [2.24, 2.45) is 0 Å². The van der Waals surface area contributed by atoms with Gasteiger partial charge in [0.05, 0.1) is 6.42 Å². The zero-order valence-electron chi connectivity index (χ0n) is 11.3. The maximum atomic E-state index is 12.1. The molecular formula is C15H14N2O4. The van der Waals surface area contributed by atoms with Crippen LogP contribution >= 0.6 is 0 Å². The van der Waals surface area contributed by atoms with Crippen molar-refractivity contribution in [3.05, 3.63) is 63.6 Å². The Morgan fingerprint density at radius 2 is 1.90 bits per heavy atom. The quantitative estimate of drug-likeness (QED) is 0.794. The number of aryl methyl sites for hydroxylation is 1. The van der Waals surface area contributed by atoms with Crippen molar-refractivity contribution in [1.29, 1.82) is 0 Å². The minimum atomic E-state index is -0.995. The number of H-pyrrole nitrogens is 1. The Balaban J connectivity index is 2.27. The maximum absolute atomic E-state index is 12.1. The molecule has 2 aromatic rings. The molecular weight excluding hydrogens is 272 g/mol. The molecule has 0 aliphatic heterocycles. The normalized spacial score (nSPS) is 10.1. The van der Waals surface area contributed by atoms with E-state index in [1.54, 1.807) is 37.3 Å². The molecule has 0 aliphatic carbocycles. The average molecular weight is 286 g/mol. The Kier molecular flexibility index (Phi) is 4.18. The van der Waals surface area contributed by atoms with Crippen LogP contribution in [0, 0.1) is 6.92 Å². The molecule has 6 nitrogen and oxygen atoms in total. The van der Waals surface area contributed by atoms with Crippen molar-refractivity contribution in [1.82, 2.24) is 4.98 Å². The van der Waals surface area contributed by atoms with Gasteiger partial charge in [-0.1, -0.05) is 18.2 Å². The smallest absolute Gasteiger partial charge is 0.307 e. The lowest BCUT2D eigenvalue weighted by atomic mass is 10.1. The minimum Gasteiger partial charge on any atom is -0.481 e. The number of carbonyl (C=O) groups is 2. The molecule has 3 N–H and O–H groups in total. The number of rotatable bonds is 4. The first kappa shape index (κ1) is 14.5. The molecule has 1 aromatic carbocycles. The van der Waals surface area contributed by atoms with Gasteiger partial charge >= 0.3 is 5.97 Å². The molecule has 108 valence electrons. The summed E-state index contributed by atoms with van der Waals surface area (Å²) in [4.78, 5) is 37.2. The van der Waals surface area contributed by atoms with Crippen LogP contribution < -0.4 is 10.9 Å². The van der Waals surface area contributed by atoms with Gasteiger partial charge in [-0.2, -0.15) is 0 Å². The number of carbonyl (C=O) groups excluding carboxylic acids is 1. The summed E-state index contributed by atoms with van der Waals surface area (Å²) in [5.74, 6) is -1.57. The Labute approximate surface area is 120 Å². The van der Waals surface area contributed by atoms with Crippen molar-refractivity contribution in [3.8, 4) is 0 Å². The molecule has 0 aliphatic rings. The molecule has 0 saturated heterocycles. The molecule has 2 rings (SSSR count). The molecule has 0 unspecified atom stereocenters. The summed E-state index contributed by atoms with van der Waals surface area (Å²) in [5, 5.41) is 11.4. The number of carboxylic acid groups (broad SMARTS) is 1. The number of aliphatic carboxylic acids is 1. The number of amides is 1. The third-order valence-corrected chi connectivity index (χ3v) is 2.91. The van der Waals surface area contributed by atoms with E-state index in [1.165, 1.54) is 6.07 Å². The zero-order chi connectivity index (χ0) is 15.4. The summed E-state index contributed by atoms with van der Waals surface area (Å²) in [7, 11) is 0. The number of hydrogen-bond donors (Lipinski definition) is 3. The fourth-order valence-electron chi connectivity index (χ4n) is 1.90. The topological polar surface area (TPSA) is 99.3 Å². The van der Waals surface area contributed by atoms with E-state index in [0.717, 1.165) is 0 Å². The molecule has 0 radical (unpaired) electrons. The summed E-state index contributed by atoms with van der Waals surface area (Å²) >= 11 is 0. The first-order valence-electron chi connectivity index (χ1n) is 6.28. The highest BCUT2D eigenvalue weighted by atomic mass is 16.4. The Bertz CT molecular complexity index is 749. The van der Waals surface area contributed by atoms with Crippen LogP contribution in [0.1, 0.15) is 21.6 Å². The van der Waals surface area contributed by atoms with E-state index in [-0.39, 0.29) is 12.0 Å². The minimum absolute atomic E-state index is 0.0225. The van der Waals surface area contributed by atoms with E-state index in [9.17, 15) is 14.4 Å². The van der Waals surface area contributed by atoms with Gasteiger partial charge in [-0.3, -0.25) is 14.4 Å². The zero-order valence-corrected chi connectivity index (χ0v) is 11.3. The van der Waals surface area contributed by atoms with Crippen LogP contribution in [-0.2, 0) is 11.2 Å². The Hall–Kier alpha value is -2.89. The highest BCUT2D eigenvalue weighted by Crippen LogP contribution is 2.16. The fraction of sp³-hybridized carbons (Fsp3) is 0.133. The second-order valence-corrected chi connectivity index (χ2v) is 4.57. The number of aromatic nitrogens is 1. The number of para-hydroxylation sites is 1. The lowest BCUT2D eigenvalue weighted by Gasteiger charge is -2.09. The molecule has 21 heavy (non-hydrogen) atoms. The Morgan fingerprint density at radius 1 is 1.19 bits per heavy atom. The molecule has 0 atom stereocenters. The summed E-state index contributed by atoms with van der Waals surface area (Å²) in [6, 6.07) is 9.64. The number of benzene rings is 1. The SMILES string of the molecule is Cc1ccc(C(=O)Nc2ccccc2CC(=O)O)c(=O)[nH]1. The molecule has 1 aromatic heterocycles. The molecule has 0 spiro atoms. The third-order valence-electron chi connectivity index (χ3n) is 2.91. The van der Waals surface area contributed by atoms with E-state index >= 15 is 0 Å². The van der Waals surface area contributed by atoms with Crippen LogP contribution in [-0.4, -0.2) is 22.0 Å². The van der Waals surface area contributed by atoms with E-state index in [0.29, 0.717) is 16.9 Å². The van der Waals surface area contributed by atoms with Gasteiger partial charge in [-0.25, -0.2) is 0 Å². The van der Waals surface area contributed by atoms with Crippen LogP contribution in [0.15, 0.2) is 41.2 Å². The summed E-state index contributed by atoms with van der Waals surface area (Å²) in [5.41, 5.74) is 1.00. The second kappa shape index (κ2) is 6.04. The van der Waals surface area contributed by atoms with Gasteiger partial charge in [0.25, 0.3) is 11.5 Å². The maximum Gasteiger partial charge on any atom is 0.307 e. The van der Waals surface area contributed by atoms with Crippen LogP contribution in [0.3, 0.4) is 0 Å². The molecule has 1 heterocycles. The fourth-order valence-corrected chi connectivity index (χ4v) is 1.90. The number of aromatic amines is 1. The Morgan fingerprint density at radius 3 is 2.57 bits per heavy atom. The first-order chi connectivity index (χ1) is 9.97. The number of nitrogens with one attached hydrogen (secondary N) is 2. The highest BCUT2D eigenvalue weighted by Gasteiger charge is 2.13. The highest BCUT2D eigenvalue weighted by molar-refractivity contribution is 6.04. The lowest BCUT2D eigenvalue weighted by Crippen LogP contribution is -2.24. The molecule has 6 heteroatoms. The first-order valence-corrected chi connectivity index (χ1v) is 6.28. The predicted octanol–water partition coefficient (Wildman–Crippen LogP) is 1.56. The van der Waals surface area contributed by atoms with E-state index in [4.69, 9.17) is 5.11 Å². The molecule has 0 saturated carbocycles. The molecule has 1 amide bonds. The largest absolute Gasteiger partial charge is 0.481 e. The predicted molar refractivity (Wildman–Crippen MR) is 77.5 cm³/mol. The molecule has 0 bridgehead atoms. The average Bonchev–Trinajstić information content (AvgIpc) is 2.40. The van der Waals surface area contributed by atoms with Gasteiger partial charge in [0, 0.05) is 11.4 Å². The van der Waals surface area contributed by atoms with Crippen LogP contribution in [0.25, 0.3) is 0 Å². The standard InChI is InChI=1S/C15H14N2O4/c1-9-6-7-11(14(20)16-9)15(21)17-12-5-3-2-4-10(12)8-13(18)19/h2-7H,8H2,1H3,(H,16,20)(H,17,21)(H,18,19). The number of pyridine rings is 1. The van der Waals surface area contributed by atoms with Crippen LogP contribution in [0.4, 0.5) is 5.69 Å². The van der Waals surface area contributed by atoms with Gasteiger partial charge in [0.1, 0.15) is 5.56 Å². The summed E-state index contributed by atoms with van der Waals surface area (Å²) in [6.45, 7) is 1.71. The summed E-state index contributed by atoms with van der Waals surface area (Å²) in [6.07, 6.45) is -0.208.